The van der Waals surface area contributed by atoms with Crippen LogP contribution in [-0.4, -0.2) is 45.7 Å². The Kier molecular flexibility index (Phi) is 7.50. The van der Waals surface area contributed by atoms with Crippen LogP contribution in [0.1, 0.15) is 70.0 Å². The second kappa shape index (κ2) is 10.1. The fourth-order valence-corrected chi connectivity index (χ4v) is 4.35. The van der Waals surface area contributed by atoms with E-state index in [0.717, 1.165) is 36.8 Å². The molecule has 0 aliphatic heterocycles. The second-order valence-corrected chi connectivity index (χ2v) is 9.56. The van der Waals surface area contributed by atoms with Gasteiger partial charge in [-0.3, -0.25) is 23.8 Å². The number of aliphatic imine (C=N–C) groups is 2. The summed E-state index contributed by atoms with van der Waals surface area (Å²) in [6.45, 7) is 9.14. The average Bonchev–Trinajstić information content (AvgIpc) is 3.51. The summed E-state index contributed by atoms with van der Waals surface area (Å²) < 4.78 is 9.00. The smallest absolute Gasteiger partial charge is 0.312 e. The zero-order valence-electron chi connectivity index (χ0n) is 20.0. The van der Waals surface area contributed by atoms with Crippen molar-refractivity contribution in [1.82, 2.24) is 14.3 Å². The average molecular weight is 455 g/mol. The van der Waals surface area contributed by atoms with Crippen molar-refractivity contribution in [2.24, 2.45) is 27.1 Å². The maximum absolute atomic E-state index is 12.2. The fraction of sp³-hybridized carbons (Fsp3) is 0.542. The minimum absolute atomic E-state index is 0.0308. The van der Waals surface area contributed by atoms with Gasteiger partial charge in [-0.15, -0.1) is 0 Å². The molecule has 1 fully saturated rings. The zero-order chi connectivity index (χ0) is 24.2. The zero-order valence-corrected chi connectivity index (χ0v) is 20.0. The number of nitrogens with zero attached hydrogens (tertiary/aromatic N) is 5. The first-order valence-electron chi connectivity index (χ1n) is 11.3. The molecule has 0 saturated heterocycles. The molecule has 2 aromatic rings. The third-order valence-electron chi connectivity index (χ3n) is 6.08. The van der Waals surface area contributed by atoms with Gasteiger partial charge in [0.05, 0.1) is 23.4 Å². The van der Waals surface area contributed by atoms with Crippen LogP contribution in [0.25, 0.3) is 0 Å². The van der Waals surface area contributed by atoms with Gasteiger partial charge in [-0.05, 0) is 52.3 Å². The van der Waals surface area contributed by atoms with E-state index in [2.05, 4.69) is 21.8 Å². The molecule has 1 atom stereocenters. The van der Waals surface area contributed by atoms with Gasteiger partial charge in [-0.25, -0.2) is 4.99 Å². The lowest BCUT2D eigenvalue weighted by molar-refractivity contribution is -0.156. The maximum atomic E-state index is 12.2. The SMILES string of the molecule is C=Nc1c(/C(=N\C)c2cnn(C(CC(N)=O)C3CCCC3)c2)ccn1COC(=O)C(C)(C)C. The molecular weight excluding hydrogens is 420 g/mol. The molecule has 9 heteroatoms. The molecule has 2 heterocycles. The van der Waals surface area contributed by atoms with E-state index in [9.17, 15) is 9.59 Å². The number of ether oxygens (including phenoxy) is 1. The second-order valence-electron chi connectivity index (χ2n) is 9.56. The number of aromatic nitrogens is 3. The Morgan fingerprint density at radius 2 is 2.03 bits per heavy atom. The maximum Gasteiger partial charge on any atom is 0.312 e. The lowest BCUT2D eigenvalue weighted by Gasteiger charge is -2.22. The highest BCUT2D eigenvalue weighted by Gasteiger charge is 2.29. The standard InChI is InChI=1S/C24H34N6O3/c1-24(2,3)23(32)33-15-29-11-10-18(22(29)27-5)21(26-4)17-13-28-30(14-17)19(12-20(25)31)16-8-6-7-9-16/h10-11,13-14,16,19H,5-9,12,15H2,1-4H3,(H2,25,31)/b26-21-. The van der Waals surface area contributed by atoms with Crippen LogP contribution < -0.4 is 5.73 Å². The summed E-state index contributed by atoms with van der Waals surface area (Å²) in [7, 11) is 1.70. The molecule has 1 amide bonds. The summed E-state index contributed by atoms with van der Waals surface area (Å²) in [5.41, 5.74) is 7.19. The molecule has 0 spiro atoms. The quantitative estimate of drug-likeness (QED) is 0.460. The van der Waals surface area contributed by atoms with Crippen molar-refractivity contribution in [2.45, 2.75) is 65.6 Å². The van der Waals surface area contributed by atoms with Crippen molar-refractivity contribution in [3.05, 3.63) is 35.8 Å². The number of carbonyl (C=O) groups excluding carboxylic acids is 2. The Morgan fingerprint density at radius 3 is 2.61 bits per heavy atom. The van der Waals surface area contributed by atoms with Crippen LogP contribution >= 0.6 is 0 Å². The van der Waals surface area contributed by atoms with Crippen molar-refractivity contribution in [1.29, 1.82) is 0 Å². The molecule has 1 aliphatic carbocycles. The minimum Gasteiger partial charge on any atom is -0.443 e. The van der Waals surface area contributed by atoms with Crippen LogP contribution in [0.4, 0.5) is 5.82 Å². The number of primary amides is 1. The molecule has 0 aromatic carbocycles. The highest BCUT2D eigenvalue weighted by Crippen LogP contribution is 2.36. The van der Waals surface area contributed by atoms with Crippen LogP contribution in [0.2, 0.25) is 0 Å². The molecule has 33 heavy (non-hydrogen) atoms. The third-order valence-corrected chi connectivity index (χ3v) is 6.08. The highest BCUT2D eigenvalue weighted by molar-refractivity contribution is 6.15. The number of rotatable bonds is 9. The van der Waals surface area contributed by atoms with Gasteiger partial charge in [0.2, 0.25) is 5.91 Å². The third kappa shape index (κ3) is 5.58. The van der Waals surface area contributed by atoms with E-state index in [1.165, 1.54) is 0 Å². The summed E-state index contributed by atoms with van der Waals surface area (Å²) in [5.74, 6) is 0.310. The summed E-state index contributed by atoms with van der Waals surface area (Å²) in [4.78, 5) is 32.5. The van der Waals surface area contributed by atoms with Crippen molar-refractivity contribution in [3.63, 3.8) is 0 Å². The van der Waals surface area contributed by atoms with Gasteiger partial charge in [-0.2, -0.15) is 5.10 Å². The monoisotopic (exact) mass is 454 g/mol. The van der Waals surface area contributed by atoms with Gasteiger partial charge < -0.3 is 10.5 Å². The molecule has 2 N–H and O–H groups in total. The van der Waals surface area contributed by atoms with E-state index in [4.69, 9.17) is 10.5 Å². The lowest BCUT2D eigenvalue weighted by Crippen LogP contribution is -2.25. The lowest BCUT2D eigenvalue weighted by atomic mass is 9.95. The number of nitrogens with two attached hydrogens (primary N) is 1. The molecule has 0 bridgehead atoms. The van der Waals surface area contributed by atoms with Gasteiger partial charge in [0.1, 0.15) is 5.82 Å². The van der Waals surface area contributed by atoms with E-state index in [0.29, 0.717) is 17.4 Å². The first-order chi connectivity index (χ1) is 15.7. The number of esters is 1. The summed E-state index contributed by atoms with van der Waals surface area (Å²) in [5, 5.41) is 4.56. The van der Waals surface area contributed by atoms with E-state index in [-0.39, 0.29) is 31.1 Å². The van der Waals surface area contributed by atoms with Crippen molar-refractivity contribution in [3.8, 4) is 0 Å². The van der Waals surface area contributed by atoms with Crippen LogP contribution in [0.15, 0.2) is 34.6 Å². The van der Waals surface area contributed by atoms with Gasteiger partial charge in [0, 0.05) is 37.0 Å². The number of carbonyl (C=O) groups is 2. The van der Waals surface area contributed by atoms with Crippen molar-refractivity contribution in [2.75, 3.05) is 7.05 Å². The summed E-state index contributed by atoms with van der Waals surface area (Å²) >= 11 is 0. The number of hydrogen-bond acceptors (Lipinski definition) is 6. The number of amides is 1. The van der Waals surface area contributed by atoms with E-state index < -0.39 is 5.41 Å². The first-order valence-corrected chi connectivity index (χ1v) is 11.3. The normalized spacial score (nSPS) is 16.1. The van der Waals surface area contributed by atoms with Gasteiger partial charge in [0.15, 0.2) is 6.73 Å². The summed E-state index contributed by atoms with van der Waals surface area (Å²) in [6.07, 6.45) is 10.2. The summed E-state index contributed by atoms with van der Waals surface area (Å²) in [6, 6.07) is 1.81. The Morgan fingerprint density at radius 1 is 1.33 bits per heavy atom. The predicted octanol–water partition coefficient (Wildman–Crippen LogP) is 3.64. The Labute approximate surface area is 194 Å². The Bertz CT molecular complexity index is 1040. The molecule has 3 rings (SSSR count). The van der Waals surface area contributed by atoms with E-state index >= 15 is 0 Å². The number of hydrogen-bond donors (Lipinski definition) is 1. The van der Waals surface area contributed by atoms with Crippen LogP contribution in [0.3, 0.4) is 0 Å². The predicted molar refractivity (Wildman–Crippen MR) is 128 cm³/mol. The van der Waals surface area contributed by atoms with E-state index in [1.807, 2.05) is 16.9 Å². The molecule has 2 aromatic heterocycles. The van der Waals surface area contributed by atoms with Crippen LogP contribution in [0.5, 0.6) is 0 Å². The molecule has 9 nitrogen and oxygen atoms in total. The van der Waals surface area contributed by atoms with E-state index in [1.54, 1.807) is 44.8 Å². The van der Waals surface area contributed by atoms with Gasteiger partial charge >= 0.3 is 5.97 Å². The first kappa shape index (κ1) is 24.4. The highest BCUT2D eigenvalue weighted by atomic mass is 16.5. The fourth-order valence-electron chi connectivity index (χ4n) is 4.35. The van der Waals surface area contributed by atoms with Gasteiger partial charge in [-0.1, -0.05) is 12.8 Å². The van der Waals surface area contributed by atoms with Crippen molar-refractivity contribution >= 4 is 30.1 Å². The minimum atomic E-state index is -0.594. The van der Waals surface area contributed by atoms with Crippen LogP contribution in [0, 0.1) is 11.3 Å². The van der Waals surface area contributed by atoms with Crippen LogP contribution in [-0.2, 0) is 21.1 Å². The molecule has 1 unspecified atom stereocenters. The molecule has 178 valence electrons. The largest absolute Gasteiger partial charge is 0.443 e. The van der Waals surface area contributed by atoms with Gasteiger partial charge in [0.25, 0.3) is 0 Å². The molecule has 1 saturated carbocycles. The Hall–Kier alpha value is -3.23. The van der Waals surface area contributed by atoms with Crippen molar-refractivity contribution < 1.29 is 14.3 Å². The topological polar surface area (TPSA) is 117 Å². The molecule has 1 aliphatic rings. The molecule has 0 radical (unpaired) electrons. The molecular formula is C24H34N6O3. The Balaban J connectivity index is 1.86.